The second-order valence-corrected chi connectivity index (χ2v) is 8.10. The Bertz CT molecular complexity index is 988. The largest absolute Gasteiger partial charge is 1.00 e. The van der Waals surface area contributed by atoms with Gasteiger partial charge in [0.2, 0.25) is 0 Å². The quantitative estimate of drug-likeness (QED) is 0.484. The normalized spacial score (nSPS) is 12.1. The number of ether oxygens (including phenoxy) is 2. The summed E-state index contributed by atoms with van der Waals surface area (Å²) in [5.74, 6) is 0.205. The Labute approximate surface area is 189 Å². The summed E-state index contributed by atoms with van der Waals surface area (Å²) in [6.07, 6.45) is 0.196. The molecule has 0 aliphatic carbocycles. The summed E-state index contributed by atoms with van der Waals surface area (Å²) >= 11 is 0. The molecule has 0 aliphatic rings. The molecule has 1 atom stereocenters. The van der Waals surface area contributed by atoms with Crippen LogP contribution in [0.4, 0.5) is 0 Å². The number of hydrogen-bond acceptors (Lipinski definition) is 5. The number of fused-ring (bicyclic) bond motifs is 1. The van der Waals surface area contributed by atoms with Crippen molar-refractivity contribution >= 4 is 16.7 Å². The van der Waals surface area contributed by atoms with Crippen molar-refractivity contribution in [3.8, 4) is 5.75 Å². The Morgan fingerprint density at radius 2 is 1.71 bits per heavy atom. The molecule has 6 heteroatoms. The van der Waals surface area contributed by atoms with E-state index in [0.29, 0.717) is 17.9 Å². The van der Waals surface area contributed by atoms with Crippen LogP contribution < -0.4 is 22.5 Å². The van der Waals surface area contributed by atoms with E-state index in [4.69, 9.17) is 4.74 Å². The van der Waals surface area contributed by atoms with Gasteiger partial charge in [-0.3, -0.25) is 0 Å². The van der Waals surface area contributed by atoms with Crippen LogP contribution in [0, 0.1) is 0 Å². The van der Waals surface area contributed by atoms with Crippen LogP contribution in [-0.2, 0) is 11.2 Å². The van der Waals surface area contributed by atoms with Gasteiger partial charge in [0, 0.05) is 12.1 Å². The highest BCUT2D eigenvalue weighted by Gasteiger charge is 2.19. The van der Waals surface area contributed by atoms with Crippen LogP contribution in [0.1, 0.15) is 29.8 Å². The van der Waals surface area contributed by atoms with E-state index in [1.54, 1.807) is 24.3 Å². The van der Waals surface area contributed by atoms with E-state index in [0.717, 1.165) is 6.42 Å². The summed E-state index contributed by atoms with van der Waals surface area (Å²) in [5.41, 5.74) is 1.54. The highest BCUT2D eigenvalue weighted by atomic mass is 35.5. The lowest BCUT2D eigenvalue weighted by Gasteiger charge is -2.28. The summed E-state index contributed by atoms with van der Waals surface area (Å²) < 4.78 is 10.3. The maximum atomic E-state index is 11.5. The van der Waals surface area contributed by atoms with Gasteiger partial charge in [-0.1, -0.05) is 42.5 Å². The molecule has 0 spiro atoms. The maximum Gasteiger partial charge on any atom is 0.337 e. The zero-order chi connectivity index (χ0) is 21.6. The first-order chi connectivity index (χ1) is 14.4. The van der Waals surface area contributed by atoms with Gasteiger partial charge in [0.25, 0.3) is 0 Å². The van der Waals surface area contributed by atoms with Crippen LogP contribution in [0.5, 0.6) is 5.75 Å². The Balaban J connectivity index is 0.00000341. The molecular weight excluding hydrogens is 414 g/mol. The maximum absolute atomic E-state index is 11.5. The molecular formula is C25H29ClNO4-. The molecule has 166 valence electrons. The number of aliphatic hydroxyl groups is 1. The van der Waals surface area contributed by atoms with Gasteiger partial charge in [0.1, 0.15) is 18.5 Å². The molecule has 0 fully saturated rings. The molecule has 0 amide bonds. The Morgan fingerprint density at radius 1 is 1.03 bits per heavy atom. The van der Waals surface area contributed by atoms with Crippen LogP contribution in [0.15, 0.2) is 66.7 Å². The highest BCUT2D eigenvalue weighted by molar-refractivity contribution is 5.89. The standard InChI is InChI=1S/C25H29NO4.ClH/c1-25(2,15-18-8-9-19-6-4-5-7-21(19)14-18)26-16-22(27)17-30-23-12-10-20(11-13-23)24(28)29-3;/h4-14,22,26-27H,15-17H2,1-3H3;1H/p-1. The minimum atomic E-state index is -0.652. The van der Waals surface area contributed by atoms with E-state index in [9.17, 15) is 9.90 Å². The molecule has 0 heterocycles. The molecule has 0 radical (unpaired) electrons. The molecule has 5 nitrogen and oxygen atoms in total. The lowest BCUT2D eigenvalue weighted by atomic mass is 9.93. The SMILES string of the molecule is COC(=O)c1ccc(OCC(O)CNC(C)(C)Cc2ccc3ccccc3c2)cc1.[Cl-]. The van der Waals surface area contributed by atoms with E-state index in [1.165, 1.54) is 23.4 Å². The molecule has 0 saturated heterocycles. The summed E-state index contributed by atoms with van der Waals surface area (Å²) in [6, 6.07) is 21.5. The lowest BCUT2D eigenvalue weighted by Crippen LogP contribution is -3.00. The number of aliphatic hydroxyl groups excluding tert-OH is 1. The zero-order valence-electron chi connectivity index (χ0n) is 18.1. The summed E-state index contributed by atoms with van der Waals surface area (Å²) in [4.78, 5) is 11.5. The number of carbonyl (C=O) groups is 1. The number of rotatable bonds is 9. The first-order valence-electron chi connectivity index (χ1n) is 10.1. The Kier molecular flexibility index (Phi) is 8.87. The molecule has 0 saturated carbocycles. The summed E-state index contributed by atoms with van der Waals surface area (Å²) in [5, 5.41) is 16.2. The number of β-amino-alcohol motifs (C(OH)–C–C–N with tert-alkyl or cyclic N) is 1. The van der Waals surface area contributed by atoms with Crippen LogP contribution in [-0.4, -0.2) is 43.0 Å². The van der Waals surface area contributed by atoms with Crippen molar-refractivity contribution in [2.45, 2.75) is 31.9 Å². The summed E-state index contributed by atoms with van der Waals surface area (Å²) in [6.45, 7) is 4.83. The molecule has 0 bridgehead atoms. The second kappa shape index (κ2) is 11.1. The molecule has 2 N–H and O–H groups in total. The fourth-order valence-corrected chi connectivity index (χ4v) is 3.37. The van der Waals surface area contributed by atoms with Crippen molar-refractivity contribution in [2.24, 2.45) is 0 Å². The van der Waals surface area contributed by atoms with Gasteiger partial charge < -0.3 is 32.3 Å². The second-order valence-electron chi connectivity index (χ2n) is 8.10. The van der Waals surface area contributed by atoms with Crippen molar-refractivity contribution in [3.05, 3.63) is 77.9 Å². The van der Waals surface area contributed by atoms with Crippen LogP contribution in [0.25, 0.3) is 10.8 Å². The van der Waals surface area contributed by atoms with E-state index in [2.05, 4.69) is 60.3 Å². The van der Waals surface area contributed by atoms with E-state index >= 15 is 0 Å². The van der Waals surface area contributed by atoms with Crippen molar-refractivity contribution in [1.29, 1.82) is 0 Å². The van der Waals surface area contributed by atoms with Crippen molar-refractivity contribution in [3.63, 3.8) is 0 Å². The van der Waals surface area contributed by atoms with Gasteiger partial charge in [0.15, 0.2) is 0 Å². The number of methoxy groups -OCH3 is 1. The first-order valence-corrected chi connectivity index (χ1v) is 10.1. The number of halogens is 1. The molecule has 3 aromatic rings. The predicted octanol–water partition coefficient (Wildman–Crippen LogP) is 0.981. The smallest absolute Gasteiger partial charge is 0.337 e. The number of benzene rings is 3. The van der Waals surface area contributed by atoms with Crippen LogP contribution in [0.2, 0.25) is 0 Å². The Hall–Kier alpha value is -2.60. The van der Waals surface area contributed by atoms with E-state index in [-0.39, 0.29) is 30.5 Å². The highest BCUT2D eigenvalue weighted by Crippen LogP contribution is 2.19. The predicted molar refractivity (Wildman–Crippen MR) is 119 cm³/mol. The van der Waals surface area contributed by atoms with Crippen LogP contribution in [0.3, 0.4) is 0 Å². The average Bonchev–Trinajstić information content (AvgIpc) is 2.76. The molecule has 31 heavy (non-hydrogen) atoms. The van der Waals surface area contributed by atoms with Crippen molar-refractivity contribution in [2.75, 3.05) is 20.3 Å². The van der Waals surface area contributed by atoms with E-state index < -0.39 is 6.10 Å². The van der Waals surface area contributed by atoms with Crippen molar-refractivity contribution in [1.82, 2.24) is 5.32 Å². The molecule has 0 aliphatic heterocycles. The number of esters is 1. The fourth-order valence-electron chi connectivity index (χ4n) is 3.37. The number of nitrogens with one attached hydrogen (secondary N) is 1. The first kappa shape index (κ1) is 24.7. The third-order valence-corrected chi connectivity index (χ3v) is 4.99. The van der Waals surface area contributed by atoms with Crippen molar-refractivity contribution < 1.29 is 31.8 Å². The number of carbonyl (C=O) groups excluding carboxylic acids is 1. The fraction of sp³-hybridized carbons (Fsp3) is 0.320. The minimum absolute atomic E-state index is 0. The minimum Gasteiger partial charge on any atom is -1.00 e. The third kappa shape index (κ3) is 7.24. The van der Waals surface area contributed by atoms with Gasteiger partial charge in [0.05, 0.1) is 12.7 Å². The van der Waals surface area contributed by atoms with Gasteiger partial charge in [-0.15, -0.1) is 0 Å². The van der Waals surface area contributed by atoms with Gasteiger partial charge >= 0.3 is 5.97 Å². The molecule has 3 rings (SSSR count). The Morgan fingerprint density at radius 3 is 2.39 bits per heavy atom. The van der Waals surface area contributed by atoms with Gasteiger partial charge in [-0.05, 0) is 60.9 Å². The van der Waals surface area contributed by atoms with Gasteiger partial charge in [-0.25, -0.2) is 4.79 Å². The molecule has 0 aromatic heterocycles. The number of hydrogen-bond donors (Lipinski definition) is 2. The summed E-state index contributed by atoms with van der Waals surface area (Å²) in [7, 11) is 1.34. The lowest BCUT2D eigenvalue weighted by molar-refractivity contribution is -0.0000227. The third-order valence-electron chi connectivity index (χ3n) is 4.99. The van der Waals surface area contributed by atoms with E-state index in [1.807, 2.05) is 6.07 Å². The average molecular weight is 443 g/mol. The van der Waals surface area contributed by atoms with Gasteiger partial charge in [-0.2, -0.15) is 0 Å². The monoisotopic (exact) mass is 442 g/mol. The zero-order valence-corrected chi connectivity index (χ0v) is 18.9. The molecule has 3 aromatic carbocycles. The topological polar surface area (TPSA) is 67.8 Å². The molecule has 1 unspecified atom stereocenters. The van der Waals surface area contributed by atoms with Crippen LogP contribution >= 0.6 is 0 Å².